The molecule has 2 unspecified atom stereocenters. The van der Waals surface area contributed by atoms with Gasteiger partial charge in [0.25, 0.3) is 0 Å². The molecule has 80 valence electrons. The molecule has 1 N–H and O–H groups in total. The van der Waals surface area contributed by atoms with Gasteiger partial charge in [-0.1, -0.05) is 6.92 Å². The Balaban J connectivity index is 4.50. The molecule has 0 fully saturated rings. The first-order chi connectivity index (χ1) is 5.84. The van der Waals surface area contributed by atoms with E-state index < -0.39 is 9.84 Å². The highest BCUT2D eigenvalue weighted by Gasteiger charge is 2.28. The van der Waals surface area contributed by atoms with E-state index in [9.17, 15) is 8.42 Å². The van der Waals surface area contributed by atoms with E-state index in [-0.39, 0.29) is 16.5 Å². The quantitative estimate of drug-likeness (QED) is 0.737. The van der Waals surface area contributed by atoms with Crippen LogP contribution in [0.2, 0.25) is 0 Å². The molecular weight excluding hydrogens is 186 g/mol. The maximum Gasteiger partial charge on any atom is 0.156 e. The van der Waals surface area contributed by atoms with Crippen LogP contribution in [0.15, 0.2) is 0 Å². The van der Waals surface area contributed by atoms with Crippen LogP contribution in [0.5, 0.6) is 0 Å². The molecule has 13 heavy (non-hydrogen) atoms. The standard InChI is InChI=1S/C9H21NO2S/c1-6-10-8(4)9(5)13(11,12)7(2)3/h7-10H,6H2,1-5H3. The molecule has 0 aromatic heterocycles. The zero-order valence-electron chi connectivity index (χ0n) is 9.16. The Hall–Kier alpha value is -0.0900. The molecule has 0 rings (SSSR count). The van der Waals surface area contributed by atoms with Gasteiger partial charge in [0, 0.05) is 6.04 Å². The Bertz CT molecular complexity index is 234. The summed E-state index contributed by atoms with van der Waals surface area (Å²) in [7, 11) is -2.96. The minimum Gasteiger partial charge on any atom is -0.313 e. The molecule has 4 heteroatoms. The van der Waals surface area contributed by atoms with E-state index >= 15 is 0 Å². The number of nitrogens with one attached hydrogen (secondary N) is 1. The molecule has 0 radical (unpaired) electrons. The van der Waals surface area contributed by atoms with Crippen molar-refractivity contribution in [2.45, 2.75) is 51.2 Å². The van der Waals surface area contributed by atoms with E-state index in [1.807, 2.05) is 13.8 Å². The van der Waals surface area contributed by atoms with Gasteiger partial charge in [0.1, 0.15) is 0 Å². The molecule has 0 aliphatic carbocycles. The largest absolute Gasteiger partial charge is 0.313 e. The molecule has 0 saturated carbocycles. The van der Waals surface area contributed by atoms with E-state index in [0.717, 1.165) is 6.54 Å². The third kappa shape index (κ3) is 3.27. The molecule has 0 aromatic carbocycles. The predicted octanol–water partition coefficient (Wildman–Crippen LogP) is 1.20. The van der Waals surface area contributed by atoms with Crippen LogP contribution in [0.25, 0.3) is 0 Å². The first-order valence-corrected chi connectivity index (χ1v) is 6.41. The van der Waals surface area contributed by atoms with E-state index in [1.54, 1.807) is 20.8 Å². The summed E-state index contributed by atoms with van der Waals surface area (Å²) >= 11 is 0. The van der Waals surface area contributed by atoms with Crippen LogP contribution in [0, 0.1) is 0 Å². The zero-order chi connectivity index (χ0) is 10.6. The van der Waals surface area contributed by atoms with Crippen LogP contribution in [0.1, 0.15) is 34.6 Å². The Labute approximate surface area is 81.8 Å². The molecule has 0 aliphatic rings. The fraction of sp³-hybridized carbons (Fsp3) is 1.00. The molecule has 0 saturated heterocycles. The van der Waals surface area contributed by atoms with Crippen LogP contribution in [-0.4, -0.2) is 31.5 Å². The lowest BCUT2D eigenvalue weighted by Gasteiger charge is -2.22. The highest BCUT2D eigenvalue weighted by Crippen LogP contribution is 2.12. The lowest BCUT2D eigenvalue weighted by molar-refractivity contribution is 0.516. The van der Waals surface area contributed by atoms with Gasteiger partial charge in [-0.15, -0.1) is 0 Å². The van der Waals surface area contributed by atoms with Gasteiger partial charge in [0.05, 0.1) is 10.5 Å². The number of sulfone groups is 1. The SMILES string of the molecule is CCNC(C)C(C)S(=O)(=O)C(C)C. The zero-order valence-corrected chi connectivity index (χ0v) is 9.98. The van der Waals surface area contributed by atoms with E-state index in [2.05, 4.69) is 5.32 Å². The number of rotatable bonds is 5. The van der Waals surface area contributed by atoms with Gasteiger partial charge in [-0.05, 0) is 34.2 Å². The molecule has 3 nitrogen and oxygen atoms in total. The molecule has 0 bridgehead atoms. The van der Waals surface area contributed by atoms with Crippen molar-refractivity contribution in [2.24, 2.45) is 0 Å². The fourth-order valence-electron chi connectivity index (χ4n) is 1.20. The number of hydrogen-bond donors (Lipinski definition) is 1. The van der Waals surface area contributed by atoms with E-state index in [0.29, 0.717) is 0 Å². The monoisotopic (exact) mass is 207 g/mol. The van der Waals surface area contributed by atoms with Gasteiger partial charge in [-0.2, -0.15) is 0 Å². The highest BCUT2D eigenvalue weighted by atomic mass is 32.2. The van der Waals surface area contributed by atoms with Crippen LogP contribution >= 0.6 is 0 Å². The molecule has 0 amide bonds. The second-order valence-corrected chi connectivity index (χ2v) is 6.55. The van der Waals surface area contributed by atoms with Crippen molar-refractivity contribution < 1.29 is 8.42 Å². The summed E-state index contributed by atoms with van der Waals surface area (Å²) < 4.78 is 23.4. The predicted molar refractivity (Wildman–Crippen MR) is 56.7 cm³/mol. The van der Waals surface area contributed by atoms with Crippen molar-refractivity contribution in [3.63, 3.8) is 0 Å². The highest BCUT2D eigenvalue weighted by molar-refractivity contribution is 7.92. The van der Waals surface area contributed by atoms with E-state index in [1.165, 1.54) is 0 Å². The maximum absolute atomic E-state index is 11.7. The maximum atomic E-state index is 11.7. The van der Waals surface area contributed by atoms with Crippen molar-refractivity contribution in [3.8, 4) is 0 Å². The minimum atomic E-state index is -2.96. The van der Waals surface area contributed by atoms with Crippen LogP contribution in [0.4, 0.5) is 0 Å². The second-order valence-electron chi connectivity index (χ2n) is 3.69. The summed E-state index contributed by atoms with van der Waals surface area (Å²) in [6.07, 6.45) is 0. The molecular formula is C9H21NO2S. The first kappa shape index (κ1) is 12.9. The first-order valence-electron chi connectivity index (χ1n) is 4.80. The Kier molecular flexibility index (Phi) is 4.92. The summed E-state index contributed by atoms with van der Waals surface area (Å²) in [5.41, 5.74) is 0. The lowest BCUT2D eigenvalue weighted by atomic mass is 10.2. The summed E-state index contributed by atoms with van der Waals surface area (Å²) in [6.45, 7) is 9.91. The number of hydrogen-bond acceptors (Lipinski definition) is 3. The topological polar surface area (TPSA) is 46.2 Å². The third-order valence-corrected chi connectivity index (χ3v) is 5.16. The Morgan fingerprint density at radius 3 is 1.92 bits per heavy atom. The average Bonchev–Trinajstić information content (AvgIpc) is 2.03. The molecule has 0 heterocycles. The third-order valence-electron chi connectivity index (χ3n) is 2.41. The fourth-order valence-corrected chi connectivity index (χ4v) is 2.73. The minimum absolute atomic E-state index is 0.0254. The summed E-state index contributed by atoms with van der Waals surface area (Å²) in [5.74, 6) is 0. The molecule has 0 aromatic rings. The second kappa shape index (κ2) is 4.96. The van der Waals surface area contributed by atoms with Gasteiger partial charge < -0.3 is 5.32 Å². The van der Waals surface area contributed by atoms with Crippen molar-refractivity contribution >= 4 is 9.84 Å². The van der Waals surface area contributed by atoms with Crippen molar-refractivity contribution in [1.29, 1.82) is 0 Å². The Morgan fingerprint density at radius 2 is 1.62 bits per heavy atom. The van der Waals surface area contributed by atoms with Crippen molar-refractivity contribution in [1.82, 2.24) is 5.32 Å². The summed E-state index contributed by atoms with van der Waals surface area (Å²) in [5, 5.41) is 2.53. The van der Waals surface area contributed by atoms with E-state index in [4.69, 9.17) is 0 Å². The van der Waals surface area contributed by atoms with Gasteiger partial charge in [-0.3, -0.25) is 0 Å². The van der Waals surface area contributed by atoms with Gasteiger partial charge in [0.15, 0.2) is 9.84 Å². The average molecular weight is 207 g/mol. The van der Waals surface area contributed by atoms with Crippen molar-refractivity contribution in [2.75, 3.05) is 6.54 Å². The van der Waals surface area contributed by atoms with Gasteiger partial charge in [0.2, 0.25) is 0 Å². The van der Waals surface area contributed by atoms with Gasteiger partial charge in [-0.25, -0.2) is 8.42 Å². The van der Waals surface area contributed by atoms with Crippen LogP contribution < -0.4 is 5.32 Å². The lowest BCUT2D eigenvalue weighted by Crippen LogP contribution is -2.42. The van der Waals surface area contributed by atoms with Crippen molar-refractivity contribution in [3.05, 3.63) is 0 Å². The molecule has 2 atom stereocenters. The summed E-state index contributed by atoms with van der Waals surface area (Å²) in [6, 6.07) is 0.0254. The molecule has 0 spiro atoms. The summed E-state index contributed by atoms with van der Waals surface area (Å²) in [4.78, 5) is 0. The normalized spacial score (nSPS) is 17.4. The Morgan fingerprint density at radius 1 is 1.15 bits per heavy atom. The molecule has 0 aliphatic heterocycles. The van der Waals surface area contributed by atoms with Crippen LogP contribution in [-0.2, 0) is 9.84 Å². The van der Waals surface area contributed by atoms with Gasteiger partial charge >= 0.3 is 0 Å². The van der Waals surface area contributed by atoms with Crippen LogP contribution in [0.3, 0.4) is 0 Å². The smallest absolute Gasteiger partial charge is 0.156 e.